The van der Waals surface area contributed by atoms with Crippen LogP contribution in [0.1, 0.15) is 5.56 Å². The molecule has 0 fully saturated rings. The summed E-state index contributed by atoms with van der Waals surface area (Å²) in [6, 6.07) is 12.4. The molecule has 1 N–H and O–H groups in total. The Hall–Kier alpha value is -3.22. The van der Waals surface area contributed by atoms with Crippen LogP contribution in [0, 0.1) is 10.1 Å². The van der Waals surface area contributed by atoms with Gasteiger partial charge in [0.05, 0.1) is 17.5 Å². The zero-order chi connectivity index (χ0) is 16.9. The topological polar surface area (TPSA) is 90.2 Å². The number of nitro groups is 1. The lowest BCUT2D eigenvalue weighted by Crippen LogP contribution is -2.07. The van der Waals surface area contributed by atoms with Gasteiger partial charge in [0.25, 0.3) is 5.69 Å². The molecular formula is C17H16N4O3. The Balaban J connectivity index is 1.74. The standard InChI is InChI=1S/C17H16N4O3/c1-24-14-5-2-12(3-6-14)8-9-18-17-15-10-13(21(22)23)4-7-16(15)19-11-20-17/h2-7,10-11H,8-9H2,1H3,(H,18,19,20). The maximum absolute atomic E-state index is 10.9. The Bertz CT molecular complexity index is 865. The predicted molar refractivity (Wildman–Crippen MR) is 91.4 cm³/mol. The quantitative estimate of drug-likeness (QED) is 0.553. The Labute approximate surface area is 138 Å². The van der Waals surface area contributed by atoms with Gasteiger partial charge in [-0.1, -0.05) is 12.1 Å². The molecule has 1 aromatic heterocycles. The summed E-state index contributed by atoms with van der Waals surface area (Å²) in [6.45, 7) is 0.654. The molecule has 3 rings (SSSR count). The van der Waals surface area contributed by atoms with Crippen LogP contribution in [0.15, 0.2) is 48.8 Å². The van der Waals surface area contributed by atoms with Gasteiger partial charge in [0.15, 0.2) is 0 Å². The van der Waals surface area contributed by atoms with Gasteiger partial charge in [0.2, 0.25) is 0 Å². The highest BCUT2D eigenvalue weighted by atomic mass is 16.6. The average Bonchev–Trinajstić information content (AvgIpc) is 2.62. The Morgan fingerprint density at radius 2 is 1.96 bits per heavy atom. The van der Waals surface area contributed by atoms with Gasteiger partial charge in [0.1, 0.15) is 17.9 Å². The maximum Gasteiger partial charge on any atom is 0.270 e. The second-order valence-corrected chi connectivity index (χ2v) is 5.21. The van der Waals surface area contributed by atoms with Crippen molar-refractivity contribution in [3.05, 3.63) is 64.5 Å². The van der Waals surface area contributed by atoms with E-state index in [1.165, 1.54) is 18.5 Å². The molecule has 24 heavy (non-hydrogen) atoms. The molecule has 0 saturated carbocycles. The fraction of sp³-hybridized carbons (Fsp3) is 0.176. The van der Waals surface area contributed by atoms with Gasteiger partial charge in [-0.3, -0.25) is 10.1 Å². The summed E-state index contributed by atoms with van der Waals surface area (Å²) in [5.41, 5.74) is 1.85. The van der Waals surface area contributed by atoms with Crippen molar-refractivity contribution in [2.24, 2.45) is 0 Å². The molecule has 0 atom stereocenters. The lowest BCUT2D eigenvalue weighted by Gasteiger charge is -2.08. The van der Waals surface area contributed by atoms with E-state index in [0.29, 0.717) is 23.3 Å². The van der Waals surface area contributed by atoms with Crippen molar-refractivity contribution in [1.29, 1.82) is 0 Å². The number of methoxy groups -OCH3 is 1. The third-order valence-corrected chi connectivity index (χ3v) is 3.69. The number of anilines is 1. The summed E-state index contributed by atoms with van der Waals surface area (Å²) in [4.78, 5) is 18.9. The number of ether oxygens (including phenoxy) is 1. The van der Waals surface area contributed by atoms with E-state index >= 15 is 0 Å². The number of fused-ring (bicyclic) bond motifs is 1. The highest BCUT2D eigenvalue weighted by Gasteiger charge is 2.10. The smallest absolute Gasteiger partial charge is 0.270 e. The van der Waals surface area contributed by atoms with Gasteiger partial charge < -0.3 is 10.1 Å². The highest BCUT2D eigenvalue weighted by Crippen LogP contribution is 2.24. The molecule has 0 unspecified atom stereocenters. The number of hydrogen-bond donors (Lipinski definition) is 1. The molecule has 0 spiro atoms. The van der Waals surface area contributed by atoms with E-state index in [1.54, 1.807) is 13.2 Å². The van der Waals surface area contributed by atoms with E-state index < -0.39 is 4.92 Å². The first-order chi connectivity index (χ1) is 11.7. The molecule has 0 aliphatic carbocycles. The van der Waals surface area contributed by atoms with Crippen LogP contribution in [0.3, 0.4) is 0 Å². The van der Waals surface area contributed by atoms with E-state index in [9.17, 15) is 10.1 Å². The minimum atomic E-state index is -0.423. The molecule has 2 aromatic carbocycles. The zero-order valence-electron chi connectivity index (χ0n) is 13.1. The summed E-state index contributed by atoms with van der Waals surface area (Å²) in [5, 5.41) is 14.8. The van der Waals surface area contributed by atoms with Crippen molar-refractivity contribution < 1.29 is 9.66 Å². The molecule has 0 bridgehead atoms. The monoisotopic (exact) mass is 324 g/mol. The molecule has 122 valence electrons. The number of nitrogens with one attached hydrogen (secondary N) is 1. The van der Waals surface area contributed by atoms with Crippen molar-refractivity contribution in [3.8, 4) is 5.75 Å². The van der Waals surface area contributed by atoms with Crippen LogP contribution in [0.5, 0.6) is 5.75 Å². The molecule has 3 aromatic rings. The number of benzene rings is 2. The minimum Gasteiger partial charge on any atom is -0.497 e. The first-order valence-corrected chi connectivity index (χ1v) is 7.43. The summed E-state index contributed by atoms with van der Waals surface area (Å²) >= 11 is 0. The van der Waals surface area contributed by atoms with E-state index in [1.807, 2.05) is 24.3 Å². The summed E-state index contributed by atoms with van der Waals surface area (Å²) < 4.78 is 5.13. The van der Waals surface area contributed by atoms with E-state index in [4.69, 9.17) is 4.74 Å². The van der Waals surface area contributed by atoms with E-state index in [0.717, 1.165) is 17.7 Å². The van der Waals surface area contributed by atoms with Gasteiger partial charge >= 0.3 is 0 Å². The Kier molecular flexibility index (Phi) is 4.51. The number of non-ortho nitro benzene ring substituents is 1. The third kappa shape index (κ3) is 3.40. The molecule has 0 amide bonds. The SMILES string of the molecule is COc1ccc(CCNc2ncnc3ccc([N+](=O)[O-])cc23)cc1. The van der Waals surface area contributed by atoms with E-state index in [2.05, 4.69) is 15.3 Å². The predicted octanol–water partition coefficient (Wildman–Crippen LogP) is 3.20. The number of nitro benzene ring substituents is 1. The average molecular weight is 324 g/mol. The van der Waals surface area contributed by atoms with Crippen molar-refractivity contribution in [1.82, 2.24) is 9.97 Å². The van der Waals surface area contributed by atoms with Crippen LogP contribution in [-0.2, 0) is 6.42 Å². The molecule has 0 radical (unpaired) electrons. The molecule has 0 aliphatic heterocycles. The Morgan fingerprint density at radius 3 is 2.67 bits per heavy atom. The van der Waals surface area contributed by atoms with E-state index in [-0.39, 0.29) is 5.69 Å². The van der Waals surface area contributed by atoms with Crippen LogP contribution in [-0.4, -0.2) is 28.5 Å². The lowest BCUT2D eigenvalue weighted by molar-refractivity contribution is -0.384. The van der Waals surface area contributed by atoms with Crippen LogP contribution >= 0.6 is 0 Å². The number of hydrogen-bond acceptors (Lipinski definition) is 6. The van der Waals surface area contributed by atoms with Gasteiger partial charge in [0, 0.05) is 24.1 Å². The maximum atomic E-state index is 10.9. The first-order valence-electron chi connectivity index (χ1n) is 7.43. The number of nitrogens with zero attached hydrogens (tertiary/aromatic N) is 3. The highest BCUT2D eigenvalue weighted by molar-refractivity contribution is 5.90. The van der Waals surface area contributed by atoms with Gasteiger partial charge in [-0.2, -0.15) is 0 Å². The molecule has 7 heteroatoms. The van der Waals surface area contributed by atoms with Crippen LogP contribution in [0.4, 0.5) is 11.5 Å². The van der Waals surface area contributed by atoms with Crippen LogP contribution in [0.25, 0.3) is 10.9 Å². The molecule has 7 nitrogen and oxygen atoms in total. The Morgan fingerprint density at radius 1 is 1.17 bits per heavy atom. The van der Waals surface area contributed by atoms with Crippen LogP contribution in [0.2, 0.25) is 0 Å². The molecule has 0 saturated heterocycles. The fourth-order valence-electron chi connectivity index (χ4n) is 2.42. The number of rotatable bonds is 6. The summed E-state index contributed by atoms with van der Waals surface area (Å²) in [7, 11) is 1.63. The largest absolute Gasteiger partial charge is 0.497 e. The second-order valence-electron chi connectivity index (χ2n) is 5.21. The number of aromatic nitrogens is 2. The lowest BCUT2D eigenvalue weighted by atomic mass is 10.1. The zero-order valence-corrected chi connectivity index (χ0v) is 13.1. The van der Waals surface area contributed by atoms with Crippen molar-refractivity contribution >= 4 is 22.4 Å². The first kappa shape index (κ1) is 15.7. The van der Waals surface area contributed by atoms with Crippen molar-refractivity contribution in [2.75, 3.05) is 19.0 Å². The summed E-state index contributed by atoms with van der Waals surface area (Å²) in [5.74, 6) is 1.41. The van der Waals surface area contributed by atoms with Crippen LogP contribution < -0.4 is 10.1 Å². The van der Waals surface area contributed by atoms with Gasteiger partial charge in [-0.15, -0.1) is 0 Å². The summed E-state index contributed by atoms with van der Waals surface area (Å²) in [6.07, 6.45) is 2.24. The third-order valence-electron chi connectivity index (χ3n) is 3.69. The van der Waals surface area contributed by atoms with Crippen molar-refractivity contribution in [3.63, 3.8) is 0 Å². The second kappa shape index (κ2) is 6.91. The van der Waals surface area contributed by atoms with Gasteiger partial charge in [-0.25, -0.2) is 9.97 Å². The van der Waals surface area contributed by atoms with Crippen molar-refractivity contribution in [2.45, 2.75) is 6.42 Å². The minimum absolute atomic E-state index is 0.0236. The van der Waals surface area contributed by atoms with Gasteiger partial charge in [-0.05, 0) is 30.2 Å². The molecule has 1 heterocycles. The molecule has 0 aliphatic rings. The normalized spacial score (nSPS) is 10.5. The fourth-order valence-corrected chi connectivity index (χ4v) is 2.42. The molecular weight excluding hydrogens is 308 g/mol.